The Bertz CT molecular complexity index is 634. The summed E-state index contributed by atoms with van der Waals surface area (Å²) in [6, 6.07) is 14.1. The topological polar surface area (TPSA) is 29.1 Å². The number of benzene rings is 2. The van der Waals surface area contributed by atoms with Crippen LogP contribution in [0.15, 0.2) is 42.5 Å². The number of amides is 1. The Hall–Kier alpha value is -1.36. The van der Waals surface area contributed by atoms with Gasteiger partial charge in [0.15, 0.2) is 0 Å². The summed E-state index contributed by atoms with van der Waals surface area (Å²) in [5, 5.41) is 3.14. The molecule has 2 rings (SSSR count). The molecule has 1 N–H and O–H groups in total. The van der Waals surface area contributed by atoms with Crippen molar-refractivity contribution in [3.8, 4) is 0 Å². The molecule has 0 aliphatic rings. The summed E-state index contributed by atoms with van der Waals surface area (Å²) < 4.78 is 1.13. The minimum atomic E-state index is -0.0155. The van der Waals surface area contributed by atoms with Crippen molar-refractivity contribution in [3.63, 3.8) is 0 Å². The van der Waals surface area contributed by atoms with Crippen LogP contribution in [0.5, 0.6) is 0 Å². The van der Waals surface area contributed by atoms with Crippen molar-refractivity contribution >= 4 is 28.5 Å². The third-order valence-corrected chi connectivity index (χ3v) is 4.34. The molecule has 0 unspecified atom stereocenters. The van der Waals surface area contributed by atoms with E-state index in [1.165, 1.54) is 16.7 Å². The largest absolute Gasteiger partial charge is 0.345 e. The van der Waals surface area contributed by atoms with E-state index in [0.29, 0.717) is 5.56 Å². The van der Waals surface area contributed by atoms with E-state index in [1.807, 2.05) is 24.3 Å². The molecule has 3 heteroatoms. The van der Waals surface area contributed by atoms with Crippen molar-refractivity contribution in [2.45, 2.75) is 33.2 Å². The molecule has 0 aliphatic carbocycles. The van der Waals surface area contributed by atoms with Crippen molar-refractivity contribution < 1.29 is 4.79 Å². The van der Waals surface area contributed by atoms with E-state index in [4.69, 9.17) is 0 Å². The van der Waals surface area contributed by atoms with Crippen LogP contribution in [0.3, 0.4) is 0 Å². The number of halogens is 1. The summed E-state index contributed by atoms with van der Waals surface area (Å²) in [6.45, 7) is 6.28. The quantitative estimate of drug-likeness (QED) is 0.744. The van der Waals surface area contributed by atoms with E-state index in [1.54, 1.807) is 0 Å². The van der Waals surface area contributed by atoms with Crippen LogP contribution in [0.4, 0.5) is 0 Å². The minimum absolute atomic E-state index is 0.0155. The van der Waals surface area contributed by atoms with Crippen LogP contribution >= 0.6 is 22.6 Å². The van der Waals surface area contributed by atoms with E-state index < -0.39 is 0 Å². The highest BCUT2D eigenvalue weighted by atomic mass is 127. The highest BCUT2D eigenvalue weighted by molar-refractivity contribution is 14.1. The van der Waals surface area contributed by atoms with Gasteiger partial charge in [-0.3, -0.25) is 4.79 Å². The van der Waals surface area contributed by atoms with Gasteiger partial charge in [-0.2, -0.15) is 0 Å². The molecular formula is C18H20INO. The Balaban J connectivity index is 2.18. The van der Waals surface area contributed by atoms with Gasteiger partial charge in [0, 0.05) is 9.13 Å². The molecule has 1 amide bonds. The fraction of sp³-hybridized carbons (Fsp3) is 0.278. The van der Waals surface area contributed by atoms with Crippen molar-refractivity contribution in [1.29, 1.82) is 0 Å². The van der Waals surface area contributed by atoms with Crippen LogP contribution in [-0.2, 0) is 0 Å². The fourth-order valence-electron chi connectivity index (χ4n) is 2.46. The zero-order chi connectivity index (χ0) is 15.4. The molecule has 0 heterocycles. The van der Waals surface area contributed by atoms with Gasteiger partial charge in [0.25, 0.3) is 5.91 Å². The van der Waals surface area contributed by atoms with E-state index in [9.17, 15) is 4.79 Å². The van der Waals surface area contributed by atoms with Crippen molar-refractivity contribution in [2.24, 2.45) is 0 Å². The number of hydrogen-bond donors (Lipinski definition) is 1. The smallest absolute Gasteiger partial charge is 0.251 e. The van der Waals surface area contributed by atoms with Gasteiger partial charge in [-0.25, -0.2) is 0 Å². The van der Waals surface area contributed by atoms with Crippen LogP contribution in [0, 0.1) is 17.4 Å². The Labute approximate surface area is 140 Å². The molecular weight excluding hydrogens is 373 g/mol. The maximum atomic E-state index is 12.4. The van der Waals surface area contributed by atoms with Crippen molar-refractivity contribution in [2.75, 3.05) is 0 Å². The molecule has 2 aromatic rings. The van der Waals surface area contributed by atoms with Gasteiger partial charge in [0.05, 0.1) is 6.04 Å². The average molecular weight is 393 g/mol. The third-order valence-electron chi connectivity index (χ3n) is 3.62. The van der Waals surface area contributed by atoms with Gasteiger partial charge in [-0.05, 0) is 78.3 Å². The first-order valence-corrected chi connectivity index (χ1v) is 8.22. The number of rotatable bonds is 4. The molecule has 0 fully saturated rings. The molecule has 0 bridgehead atoms. The molecule has 0 saturated carbocycles. The molecule has 110 valence electrons. The van der Waals surface area contributed by atoms with Gasteiger partial charge in [0.2, 0.25) is 0 Å². The highest BCUT2D eigenvalue weighted by Crippen LogP contribution is 2.22. The Morgan fingerprint density at radius 2 is 1.81 bits per heavy atom. The van der Waals surface area contributed by atoms with Gasteiger partial charge in [-0.15, -0.1) is 0 Å². The van der Waals surface area contributed by atoms with Crippen LogP contribution in [0.1, 0.15) is 46.4 Å². The summed E-state index contributed by atoms with van der Waals surface area (Å²) in [6.07, 6.45) is 0.875. The standard InChI is InChI=1S/C18H20INO/c1-4-17(16-10-5-12(2)11-13(16)3)20-18(21)14-6-8-15(19)9-7-14/h5-11,17H,4H2,1-3H3,(H,20,21)/t17-/m0/s1. The molecule has 0 spiro atoms. The summed E-state index contributed by atoms with van der Waals surface area (Å²) in [5.74, 6) is -0.0155. The zero-order valence-electron chi connectivity index (χ0n) is 12.6. The van der Waals surface area contributed by atoms with Crippen molar-refractivity contribution in [3.05, 3.63) is 68.3 Å². The number of nitrogens with one attached hydrogen (secondary N) is 1. The first-order valence-electron chi connectivity index (χ1n) is 7.15. The summed E-state index contributed by atoms with van der Waals surface area (Å²) in [7, 11) is 0. The summed E-state index contributed by atoms with van der Waals surface area (Å²) in [5.41, 5.74) is 4.38. The lowest BCUT2D eigenvalue weighted by atomic mass is 9.97. The first kappa shape index (κ1) is 16.0. The molecule has 0 aromatic heterocycles. The van der Waals surface area contributed by atoms with E-state index in [-0.39, 0.29) is 11.9 Å². The fourth-order valence-corrected chi connectivity index (χ4v) is 2.82. The SMILES string of the molecule is CC[C@H](NC(=O)c1ccc(I)cc1)c1ccc(C)cc1C. The van der Waals surface area contributed by atoms with E-state index >= 15 is 0 Å². The summed E-state index contributed by atoms with van der Waals surface area (Å²) in [4.78, 5) is 12.4. The second-order valence-corrected chi connectivity index (χ2v) is 6.55. The maximum Gasteiger partial charge on any atom is 0.251 e. The predicted octanol–water partition coefficient (Wildman–Crippen LogP) is 4.79. The molecule has 0 aliphatic heterocycles. The number of carbonyl (C=O) groups is 1. The lowest BCUT2D eigenvalue weighted by Gasteiger charge is -2.20. The number of hydrogen-bond acceptors (Lipinski definition) is 1. The molecule has 1 atom stereocenters. The van der Waals surface area contributed by atoms with Gasteiger partial charge in [-0.1, -0.05) is 30.7 Å². The second kappa shape index (κ2) is 7.07. The van der Waals surface area contributed by atoms with Crippen molar-refractivity contribution in [1.82, 2.24) is 5.32 Å². The Kier molecular flexibility index (Phi) is 5.39. The molecule has 21 heavy (non-hydrogen) atoms. The van der Waals surface area contributed by atoms with Gasteiger partial charge in [0.1, 0.15) is 0 Å². The number of carbonyl (C=O) groups excluding carboxylic acids is 1. The van der Waals surface area contributed by atoms with Gasteiger partial charge < -0.3 is 5.32 Å². The molecule has 0 saturated heterocycles. The number of aryl methyl sites for hydroxylation is 2. The normalized spacial score (nSPS) is 12.0. The Morgan fingerprint density at radius 1 is 1.14 bits per heavy atom. The highest BCUT2D eigenvalue weighted by Gasteiger charge is 2.15. The lowest BCUT2D eigenvalue weighted by molar-refractivity contribution is 0.0935. The van der Waals surface area contributed by atoms with E-state index in [2.05, 4.69) is 66.9 Å². The van der Waals surface area contributed by atoms with Crippen LogP contribution < -0.4 is 5.32 Å². The van der Waals surface area contributed by atoms with Crippen LogP contribution in [-0.4, -0.2) is 5.91 Å². The molecule has 0 radical (unpaired) electrons. The second-order valence-electron chi connectivity index (χ2n) is 5.30. The maximum absolute atomic E-state index is 12.4. The zero-order valence-corrected chi connectivity index (χ0v) is 14.8. The molecule has 2 nitrogen and oxygen atoms in total. The first-order chi connectivity index (χ1) is 10.0. The molecule has 2 aromatic carbocycles. The Morgan fingerprint density at radius 3 is 2.38 bits per heavy atom. The lowest BCUT2D eigenvalue weighted by Crippen LogP contribution is -2.28. The average Bonchev–Trinajstić information content (AvgIpc) is 2.46. The summed E-state index contributed by atoms with van der Waals surface area (Å²) >= 11 is 2.24. The minimum Gasteiger partial charge on any atom is -0.345 e. The van der Waals surface area contributed by atoms with Gasteiger partial charge >= 0.3 is 0 Å². The predicted molar refractivity (Wildman–Crippen MR) is 95.6 cm³/mol. The van der Waals surface area contributed by atoms with E-state index in [0.717, 1.165) is 9.99 Å². The third kappa shape index (κ3) is 4.06. The van der Waals surface area contributed by atoms with Crippen LogP contribution in [0.25, 0.3) is 0 Å². The van der Waals surface area contributed by atoms with Crippen LogP contribution in [0.2, 0.25) is 0 Å². The monoisotopic (exact) mass is 393 g/mol.